The van der Waals surface area contributed by atoms with Gasteiger partial charge in [-0.1, -0.05) is 18.2 Å². The molecule has 122 valence electrons. The molecule has 4 N–H and O–H groups in total. The summed E-state index contributed by atoms with van der Waals surface area (Å²) in [4.78, 5) is 10.1. The van der Waals surface area contributed by atoms with Crippen molar-refractivity contribution in [2.45, 2.75) is 6.10 Å². The van der Waals surface area contributed by atoms with Gasteiger partial charge in [-0.2, -0.15) is 0 Å². The summed E-state index contributed by atoms with van der Waals surface area (Å²) >= 11 is 0. The number of rotatable bonds is 2. The van der Waals surface area contributed by atoms with Crippen LogP contribution in [-0.4, -0.2) is 31.1 Å². The summed E-state index contributed by atoms with van der Waals surface area (Å²) < 4.78 is 18.9. The van der Waals surface area contributed by atoms with Crippen molar-refractivity contribution in [3.63, 3.8) is 0 Å². The topological polar surface area (TPSA) is 84.6 Å². The number of benzene rings is 2. The van der Waals surface area contributed by atoms with Gasteiger partial charge >= 0.3 is 0 Å². The lowest BCUT2D eigenvalue weighted by molar-refractivity contribution is 0.0255. The van der Waals surface area contributed by atoms with Crippen LogP contribution in [0.1, 0.15) is 22.0 Å². The van der Waals surface area contributed by atoms with Gasteiger partial charge in [0.25, 0.3) is 0 Å². The molecular formula is C17H19FN2O3. The van der Waals surface area contributed by atoms with Crippen molar-refractivity contribution in [3.05, 3.63) is 59.4 Å². The Morgan fingerprint density at radius 1 is 1.30 bits per heavy atom. The van der Waals surface area contributed by atoms with E-state index in [4.69, 9.17) is 15.6 Å². The highest BCUT2D eigenvalue weighted by molar-refractivity contribution is 5.78. The van der Waals surface area contributed by atoms with Crippen LogP contribution in [0.2, 0.25) is 0 Å². The number of hydrogen-bond acceptors (Lipinski definition) is 5. The van der Waals surface area contributed by atoms with Gasteiger partial charge in [-0.3, -0.25) is 4.79 Å². The molecule has 1 aliphatic heterocycles. The number of ether oxygens (including phenoxy) is 1. The number of halogens is 1. The number of nitrogens with two attached hydrogens (primary N) is 1. The molecule has 0 aromatic heterocycles. The standard InChI is InChI=1S/C10H13FN2O.C7H6O2/c11-9-5-7(12)1-2-8(9)10-6-13-3-4-14-10;8-5-6-3-1-2-4-7(6)9/h1-2,5,10,13H,3-4,6,12H2;1-5,9H. The van der Waals surface area contributed by atoms with E-state index in [0.717, 1.165) is 6.54 Å². The molecule has 2 aromatic rings. The summed E-state index contributed by atoms with van der Waals surface area (Å²) in [5, 5.41) is 12.0. The van der Waals surface area contributed by atoms with E-state index in [-0.39, 0.29) is 17.7 Å². The minimum absolute atomic E-state index is 0.0347. The van der Waals surface area contributed by atoms with E-state index >= 15 is 0 Å². The molecule has 0 bridgehead atoms. The number of aromatic hydroxyl groups is 1. The zero-order chi connectivity index (χ0) is 16.7. The number of para-hydroxylation sites is 1. The van der Waals surface area contributed by atoms with Crippen LogP contribution in [0, 0.1) is 5.82 Å². The van der Waals surface area contributed by atoms with Crippen LogP contribution in [0.25, 0.3) is 0 Å². The maximum absolute atomic E-state index is 13.4. The van der Waals surface area contributed by atoms with Crippen molar-refractivity contribution in [2.75, 3.05) is 25.4 Å². The number of aldehydes is 1. The highest BCUT2D eigenvalue weighted by Gasteiger charge is 2.18. The average molecular weight is 318 g/mol. The molecule has 2 aromatic carbocycles. The van der Waals surface area contributed by atoms with Crippen LogP contribution < -0.4 is 11.1 Å². The van der Waals surface area contributed by atoms with Gasteiger partial charge in [0.15, 0.2) is 6.29 Å². The largest absolute Gasteiger partial charge is 0.507 e. The lowest BCUT2D eigenvalue weighted by atomic mass is 10.1. The van der Waals surface area contributed by atoms with E-state index < -0.39 is 0 Å². The molecule has 1 heterocycles. The Morgan fingerprint density at radius 3 is 2.65 bits per heavy atom. The lowest BCUT2D eigenvalue weighted by Gasteiger charge is -2.24. The molecule has 0 amide bonds. The SMILES string of the molecule is Nc1ccc(C2CNCCO2)c(F)c1.O=Cc1ccccc1O. The van der Waals surface area contributed by atoms with Crippen molar-refractivity contribution in [2.24, 2.45) is 0 Å². The van der Waals surface area contributed by atoms with Crippen LogP contribution >= 0.6 is 0 Å². The first-order valence-electron chi connectivity index (χ1n) is 7.22. The van der Waals surface area contributed by atoms with Crippen molar-refractivity contribution >= 4 is 12.0 Å². The third-order valence-corrected chi connectivity index (χ3v) is 3.36. The normalized spacial score (nSPS) is 17.0. The number of morpholine rings is 1. The van der Waals surface area contributed by atoms with Crippen molar-refractivity contribution in [3.8, 4) is 5.75 Å². The van der Waals surface area contributed by atoms with Crippen molar-refractivity contribution < 1.29 is 19.0 Å². The summed E-state index contributed by atoms with van der Waals surface area (Å²) in [6.45, 7) is 2.10. The first-order chi connectivity index (χ1) is 11.1. The fraction of sp³-hybridized carbons (Fsp3) is 0.235. The minimum atomic E-state index is -0.293. The Bertz CT molecular complexity index is 658. The Morgan fingerprint density at radius 2 is 2.09 bits per heavy atom. The Kier molecular flexibility index (Phi) is 6.08. The lowest BCUT2D eigenvalue weighted by Crippen LogP contribution is -2.33. The van der Waals surface area contributed by atoms with Crippen molar-refractivity contribution in [1.82, 2.24) is 5.32 Å². The molecule has 0 spiro atoms. The number of carbonyl (C=O) groups excluding carboxylic acids is 1. The van der Waals surface area contributed by atoms with Gasteiger partial charge in [-0.25, -0.2) is 4.39 Å². The summed E-state index contributed by atoms with van der Waals surface area (Å²) in [7, 11) is 0. The Hall–Kier alpha value is -2.44. The molecule has 3 rings (SSSR count). The second-order valence-electron chi connectivity index (χ2n) is 5.02. The molecular weight excluding hydrogens is 299 g/mol. The smallest absolute Gasteiger partial charge is 0.153 e. The first kappa shape index (κ1) is 16.9. The number of anilines is 1. The zero-order valence-electron chi connectivity index (χ0n) is 12.5. The van der Waals surface area contributed by atoms with Crippen LogP contribution in [0.4, 0.5) is 10.1 Å². The summed E-state index contributed by atoms with van der Waals surface area (Å²) in [5.41, 5.74) is 6.81. The Balaban J connectivity index is 0.000000185. The molecule has 1 atom stereocenters. The van der Waals surface area contributed by atoms with E-state index in [0.29, 0.717) is 36.3 Å². The third-order valence-electron chi connectivity index (χ3n) is 3.36. The number of hydrogen-bond donors (Lipinski definition) is 3. The van der Waals surface area contributed by atoms with Gasteiger partial charge in [0.05, 0.1) is 18.3 Å². The van der Waals surface area contributed by atoms with E-state index in [9.17, 15) is 9.18 Å². The molecule has 1 saturated heterocycles. The molecule has 0 aliphatic carbocycles. The van der Waals surface area contributed by atoms with Crippen LogP contribution in [0.3, 0.4) is 0 Å². The summed E-state index contributed by atoms with van der Waals surface area (Å²) in [5.74, 6) is -0.258. The molecule has 0 saturated carbocycles. The van der Waals surface area contributed by atoms with Gasteiger partial charge in [0.2, 0.25) is 0 Å². The van der Waals surface area contributed by atoms with Gasteiger partial charge in [-0.15, -0.1) is 0 Å². The van der Waals surface area contributed by atoms with E-state index in [1.54, 1.807) is 30.3 Å². The molecule has 1 fully saturated rings. The summed E-state index contributed by atoms with van der Waals surface area (Å²) in [6, 6.07) is 11.1. The van der Waals surface area contributed by atoms with Gasteiger partial charge in [-0.05, 0) is 24.3 Å². The highest BCUT2D eigenvalue weighted by Crippen LogP contribution is 2.23. The van der Waals surface area contributed by atoms with E-state index in [2.05, 4.69) is 5.32 Å². The number of nitrogen functional groups attached to an aromatic ring is 1. The van der Waals surface area contributed by atoms with Crippen LogP contribution in [0.15, 0.2) is 42.5 Å². The predicted molar refractivity (Wildman–Crippen MR) is 85.9 cm³/mol. The van der Waals surface area contributed by atoms with Crippen LogP contribution in [-0.2, 0) is 4.74 Å². The van der Waals surface area contributed by atoms with Crippen LogP contribution in [0.5, 0.6) is 5.75 Å². The zero-order valence-corrected chi connectivity index (χ0v) is 12.5. The van der Waals surface area contributed by atoms with Gasteiger partial charge in [0, 0.05) is 24.3 Å². The number of phenolic OH excluding ortho intramolecular Hbond substituents is 1. The maximum Gasteiger partial charge on any atom is 0.153 e. The first-order valence-corrected chi connectivity index (χ1v) is 7.22. The van der Waals surface area contributed by atoms with Crippen molar-refractivity contribution in [1.29, 1.82) is 0 Å². The van der Waals surface area contributed by atoms with E-state index in [1.165, 1.54) is 12.1 Å². The predicted octanol–water partition coefficient (Wildman–Crippen LogP) is 2.27. The minimum Gasteiger partial charge on any atom is -0.507 e. The van der Waals surface area contributed by atoms with E-state index in [1.807, 2.05) is 0 Å². The molecule has 1 unspecified atom stereocenters. The fourth-order valence-electron chi connectivity index (χ4n) is 2.16. The number of carbonyl (C=O) groups is 1. The summed E-state index contributed by atoms with van der Waals surface area (Å²) in [6.07, 6.45) is 0.430. The molecule has 0 radical (unpaired) electrons. The molecule has 1 aliphatic rings. The van der Waals surface area contributed by atoms with Gasteiger partial charge in [0.1, 0.15) is 11.6 Å². The Labute approximate surface area is 133 Å². The second-order valence-corrected chi connectivity index (χ2v) is 5.02. The third kappa shape index (κ3) is 4.77. The number of nitrogens with one attached hydrogen (secondary N) is 1. The molecule has 5 nitrogen and oxygen atoms in total. The van der Waals surface area contributed by atoms with Gasteiger partial charge < -0.3 is 20.9 Å². The fourth-order valence-corrected chi connectivity index (χ4v) is 2.16. The average Bonchev–Trinajstić information content (AvgIpc) is 2.57. The maximum atomic E-state index is 13.4. The quantitative estimate of drug-likeness (QED) is 0.584. The molecule has 23 heavy (non-hydrogen) atoms. The molecule has 6 heteroatoms. The second kappa shape index (κ2) is 8.26. The monoisotopic (exact) mass is 318 g/mol. The number of phenols is 1. The highest BCUT2D eigenvalue weighted by atomic mass is 19.1.